The van der Waals surface area contributed by atoms with Crippen molar-refractivity contribution in [1.82, 2.24) is 0 Å². The molecule has 7 atom stereocenters. The number of hydrogen-bond acceptors (Lipinski definition) is 14. The summed E-state index contributed by atoms with van der Waals surface area (Å²) in [4.78, 5) is 35.4. The summed E-state index contributed by atoms with van der Waals surface area (Å²) in [6, 6.07) is 55.9. The SMILES string of the molecule is C.C1CCOC1.CO.Clc1c[c-]ccc1Cl.NCC1CCCCC1(O)c1ccc(Cl)c(Cl)c1.O=C1CCCCC1.O=C1CCCCC1CO.O=CO[O-].OCC1CCCCC1(O)c1ccc(Cl)c(Cl)c1.[Br-].[H-].[K+].[K+].[Mg+2].[N-]=[N+]=NCC1CCCCC1(O)c1ccc(Cl)c(Cl)c1.c1ccc(P(c2ccccc2)c2ccccc2)cc1. The van der Waals surface area contributed by atoms with E-state index in [1.165, 1.54) is 35.2 Å². The maximum atomic E-state index is 11.0. The third-order valence-electron chi connectivity index (χ3n) is 19.2. The smallest absolute Gasteiger partial charge is 1.00 e. The molecular weight excluding hydrogens is 1740 g/mol. The van der Waals surface area contributed by atoms with Crippen LogP contribution in [0, 0.1) is 29.7 Å². The molecule has 7 aromatic carbocycles. The molecule has 602 valence electrons. The van der Waals surface area contributed by atoms with Crippen LogP contribution in [0.15, 0.2) is 169 Å². The average Bonchev–Trinajstić information content (AvgIpc) is 0.846. The first-order chi connectivity index (χ1) is 51.6. The number of aliphatic hydroxyl groups excluding tert-OH is 3. The van der Waals surface area contributed by atoms with Crippen LogP contribution in [0.25, 0.3) is 10.4 Å². The van der Waals surface area contributed by atoms with Crippen molar-refractivity contribution < 1.29 is 181 Å². The van der Waals surface area contributed by atoms with Gasteiger partial charge >= 0.3 is 126 Å². The molecule has 0 amide bonds. The molecule has 0 bridgehead atoms. The maximum Gasteiger partial charge on any atom is 2.00 e. The van der Waals surface area contributed by atoms with Gasteiger partial charge < -0.3 is 69.7 Å². The van der Waals surface area contributed by atoms with E-state index in [9.17, 15) is 30.0 Å². The van der Waals surface area contributed by atoms with E-state index in [1.54, 1.807) is 66.7 Å². The Morgan fingerprint density at radius 2 is 0.929 bits per heavy atom. The number of nitrogens with zero attached hydrogens (tertiary/aromatic N) is 3. The first-order valence-corrected chi connectivity index (χ1v) is 40.5. The zero-order valence-corrected chi connectivity index (χ0v) is 79.8. The van der Waals surface area contributed by atoms with E-state index in [0.29, 0.717) is 78.3 Å². The Morgan fingerprint density at radius 1 is 0.554 bits per heavy atom. The van der Waals surface area contributed by atoms with Crippen LogP contribution in [0.4, 0.5) is 0 Å². The molecule has 13 rings (SSSR count). The standard InChI is InChI=1S/C18H15P.C13H15Cl2N3O.C13H17Cl2NO.C13H16Cl2O2.C7H12O2.C6H3Cl2.C6H10O.C4H8O.CH2O3.CH4O.CH4.BrH.2K.Mg.H/c1-4-10-16(11-5-1)19(17-12-6-2-7-13-17)18-14-8-3-9-15-18;14-11-5-4-9(7-12(11)15)13(19)6-2-1-3-10(13)8-17-18-16;2*14-11-5-4-9(7-12(11)15)13(17)6-2-1-3-10(13)8-16;8-5-6-3-1-2-4-7(6)9;7-5-3-1-2-4-6(5)8;7-6-4-2-1-3-5-6;1-2-4-5-3-1;2-1-4-3;1-2;;;;;;/h1-15H;4-5,7,10,19H,1-3,6,8H2;4-5,7,10,17H,1-3,6,8,16H2;4-5,7,10,16-17H,1-3,6,8H2;6,8H,1-5H2;1,3-4H;1-5H2;1-4H2;1,3H;2H,1H3;1H4;1H;;;;/q;;;;;-1;;;;;;;2*+1;+2;-1/p-2. The average molecular weight is 1850 g/mol. The third-order valence-corrected chi connectivity index (χ3v) is 24.6. The number of ketones is 2. The number of rotatable bonds is 12. The molecule has 7 aromatic rings. The van der Waals surface area contributed by atoms with Gasteiger partial charge in [-0.15, -0.1) is 11.6 Å². The van der Waals surface area contributed by atoms with Crippen LogP contribution in [0.2, 0.25) is 40.2 Å². The van der Waals surface area contributed by atoms with E-state index >= 15 is 0 Å². The van der Waals surface area contributed by atoms with Crippen LogP contribution in [0.1, 0.15) is 173 Å². The quantitative estimate of drug-likeness (QED) is 0.00691. The fourth-order valence-corrected chi connectivity index (χ4v) is 16.8. The van der Waals surface area contributed by atoms with E-state index in [0.717, 1.165) is 146 Å². The maximum absolute atomic E-state index is 11.0. The number of nitrogens with two attached hydrogens (primary N) is 1. The molecule has 5 saturated carbocycles. The van der Waals surface area contributed by atoms with Crippen molar-refractivity contribution in [3.05, 3.63) is 237 Å². The fraction of sp³-hybridized carbons (Fsp3) is 0.458. The normalized spacial score (nSPS) is 20.9. The van der Waals surface area contributed by atoms with Gasteiger partial charge in [0.25, 0.3) is 6.47 Å². The van der Waals surface area contributed by atoms with E-state index in [-0.39, 0.29) is 201 Å². The molecule has 8 N–H and O–H groups in total. The molecule has 0 spiro atoms. The van der Waals surface area contributed by atoms with Crippen molar-refractivity contribution in [2.45, 2.75) is 172 Å². The van der Waals surface area contributed by atoms with Crippen molar-refractivity contribution in [3.8, 4) is 0 Å². The fourth-order valence-electron chi connectivity index (χ4n) is 13.3. The number of halogens is 9. The summed E-state index contributed by atoms with van der Waals surface area (Å²) in [5.74, 6) is 0.602. The van der Waals surface area contributed by atoms with Gasteiger partial charge in [-0.1, -0.05) is 253 Å². The number of benzene rings is 7. The van der Waals surface area contributed by atoms with Gasteiger partial charge in [0, 0.05) is 75.4 Å². The van der Waals surface area contributed by atoms with Crippen molar-refractivity contribution in [3.63, 3.8) is 0 Å². The van der Waals surface area contributed by atoms with Gasteiger partial charge in [-0.2, -0.15) is 35.9 Å². The van der Waals surface area contributed by atoms with Crippen LogP contribution in [-0.4, -0.2) is 118 Å². The minimum absolute atomic E-state index is 0. The van der Waals surface area contributed by atoms with Gasteiger partial charge in [0.2, 0.25) is 0 Å². The third kappa shape index (κ3) is 39.6. The largest absolute Gasteiger partial charge is 2.00 e. The Labute approximate surface area is 817 Å². The van der Waals surface area contributed by atoms with Crippen LogP contribution >= 0.6 is 101 Å². The molecular formula is C83H106BrCl8K2MgN4O12P. The van der Waals surface area contributed by atoms with Crippen molar-refractivity contribution in [2.75, 3.05) is 46.6 Å². The molecule has 1 saturated heterocycles. The number of hydrogen-bond donors (Lipinski definition) is 7. The van der Waals surface area contributed by atoms with E-state index in [1.807, 2.05) is 6.07 Å². The summed E-state index contributed by atoms with van der Waals surface area (Å²) >= 11 is 46.8. The summed E-state index contributed by atoms with van der Waals surface area (Å²) in [5, 5.41) is 77.8. The van der Waals surface area contributed by atoms with E-state index < -0.39 is 24.7 Å². The predicted octanol–water partition coefficient (Wildman–Crippen LogP) is 10.1. The Bertz CT molecular complexity index is 3560. The van der Waals surface area contributed by atoms with Crippen LogP contribution in [-0.2, 0) is 40.8 Å². The summed E-state index contributed by atoms with van der Waals surface area (Å²) in [5.41, 5.74) is 13.8. The van der Waals surface area contributed by atoms with Gasteiger partial charge in [-0.3, -0.25) is 14.4 Å². The van der Waals surface area contributed by atoms with Crippen molar-refractivity contribution in [2.24, 2.45) is 34.5 Å². The number of azide groups is 1. The Balaban J connectivity index is -0.00000124. The molecule has 1 aliphatic heterocycles. The summed E-state index contributed by atoms with van der Waals surface area (Å²) in [6.45, 7) is 2.67. The van der Waals surface area contributed by atoms with Gasteiger partial charge in [-0.25, -0.2) is 0 Å². The van der Waals surface area contributed by atoms with Crippen molar-refractivity contribution >= 4 is 158 Å². The summed E-state index contributed by atoms with van der Waals surface area (Å²) < 4.78 is 4.94. The van der Waals surface area contributed by atoms with Crippen LogP contribution in [0.3, 0.4) is 0 Å². The molecule has 29 heteroatoms. The molecule has 112 heavy (non-hydrogen) atoms. The predicted molar refractivity (Wildman–Crippen MR) is 449 cm³/mol. The van der Waals surface area contributed by atoms with Gasteiger partial charge in [0.15, 0.2) is 0 Å². The monoisotopic (exact) mass is 1840 g/mol. The molecule has 1 heterocycles. The molecule has 6 aliphatic rings. The van der Waals surface area contributed by atoms with E-state index in [2.05, 4.69) is 112 Å². The Kier molecular flexibility index (Phi) is 66.2. The second-order valence-corrected chi connectivity index (χ2v) is 31.7. The zero-order valence-electron chi connectivity index (χ0n) is 64.6. The molecule has 7 unspecified atom stereocenters. The van der Waals surface area contributed by atoms with E-state index in [4.69, 9.17) is 129 Å². The second-order valence-electron chi connectivity index (χ2n) is 26.2. The summed E-state index contributed by atoms with van der Waals surface area (Å²) in [7, 11) is 0.554. The van der Waals surface area contributed by atoms with Crippen LogP contribution in [0.5, 0.6) is 0 Å². The number of aliphatic hydroxyl groups is 6. The topological polar surface area (TPSA) is 289 Å². The molecule has 16 nitrogen and oxygen atoms in total. The molecule has 0 aromatic heterocycles. The Morgan fingerprint density at radius 3 is 1.23 bits per heavy atom. The number of carbonyl (C=O) groups excluding carboxylic acids is 3. The molecule has 5 aliphatic carbocycles. The Hall–Kier alpha value is -0.431. The number of ether oxygens (including phenoxy) is 1. The van der Waals surface area contributed by atoms with Gasteiger partial charge in [0.1, 0.15) is 11.6 Å². The minimum atomic E-state index is -0.985. The number of Topliss-reactive ketones (excluding diaryl/α,β-unsaturated/α-hetero) is 2. The first kappa shape index (κ1) is 114. The minimum Gasteiger partial charge on any atom is -1.00 e. The van der Waals surface area contributed by atoms with Gasteiger partial charge in [-0.05, 0) is 172 Å². The first-order valence-electron chi connectivity index (χ1n) is 36.2. The zero-order chi connectivity index (χ0) is 78.5. The van der Waals surface area contributed by atoms with Crippen molar-refractivity contribution in [1.29, 1.82) is 0 Å². The second kappa shape index (κ2) is 65.3. The summed E-state index contributed by atoms with van der Waals surface area (Å²) in [6.07, 6.45) is 22.4. The van der Waals surface area contributed by atoms with Gasteiger partial charge in [0.05, 0.1) is 53.5 Å². The molecule has 6 fully saturated rings. The van der Waals surface area contributed by atoms with Crippen LogP contribution < -0.4 is 147 Å². The molecule has 0 radical (unpaired) electrons. The number of carbonyl (C=O) groups is 3.